The zero-order valence-corrected chi connectivity index (χ0v) is 9.16. The number of rotatable bonds is 2. The van der Waals surface area contributed by atoms with Gasteiger partial charge in [-0.05, 0) is 6.92 Å². The molecular weight excluding hydrogens is 205 g/mol. The quantitative estimate of drug-likeness (QED) is 0.639. The smallest absolute Gasteiger partial charge is 0.170 e. The molecular formula is C7H13F3S2. The van der Waals surface area contributed by atoms with Crippen LogP contribution >= 0.6 is 21.6 Å². The van der Waals surface area contributed by atoms with Gasteiger partial charge in [0, 0.05) is 4.75 Å². The highest BCUT2D eigenvalue weighted by atomic mass is 33.1. The second-order valence-corrected chi connectivity index (χ2v) is 6.84. The molecule has 0 radical (unpaired) electrons. The lowest BCUT2D eigenvalue weighted by atomic mass is 10.3. The molecule has 0 fully saturated rings. The van der Waals surface area contributed by atoms with Crippen LogP contribution in [0, 0.1) is 0 Å². The van der Waals surface area contributed by atoms with Crippen LogP contribution in [0.3, 0.4) is 0 Å². The maximum absolute atomic E-state index is 12.0. The minimum Gasteiger partial charge on any atom is -0.170 e. The third kappa shape index (κ3) is 6.06. The van der Waals surface area contributed by atoms with Gasteiger partial charge in [-0.15, -0.1) is 0 Å². The van der Waals surface area contributed by atoms with Crippen LogP contribution in [0.1, 0.15) is 27.7 Å². The van der Waals surface area contributed by atoms with Crippen LogP contribution in [0.2, 0.25) is 0 Å². The molecule has 0 aromatic heterocycles. The molecule has 0 rings (SSSR count). The lowest BCUT2D eigenvalue weighted by molar-refractivity contribution is -0.124. The van der Waals surface area contributed by atoms with E-state index in [4.69, 9.17) is 0 Å². The predicted molar refractivity (Wildman–Crippen MR) is 50.5 cm³/mol. The van der Waals surface area contributed by atoms with Gasteiger partial charge in [0.2, 0.25) is 0 Å². The Morgan fingerprint density at radius 3 is 1.75 bits per heavy atom. The van der Waals surface area contributed by atoms with E-state index in [0.29, 0.717) is 0 Å². The Labute approximate surface area is 79.1 Å². The summed E-state index contributed by atoms with van der Waals surface area (Å²) in [5, 5.41) is -1.29. The van der Waals surface area contributed by atoms with Gasteiger partial charge < -0.3 is 0 Å². The van der Waals surface area contributed by atoms with Crippen LogP contribution in [0.25, 0.3) is 0 Å². The van der Waals surface area contributed by atoms with Crippen molar-refractivity contribution in [2.45, 2.75) is 43.9 Å². The molecule has 12 heavy (non-hydrogen) atoms. The minimum atomic E-state index is -4.08. The van der Waals surface area contributed by atoms with E-state index in [9.17, 15) is 13.2 Å². The fourth-order valence-electron chi connectivity index (χ4n) is 0.271. The maximum atomic E-state index is 12.0. The first-order valence-corrected chi connectivity index (χ1v) is 5.75. The minimum absolute atomic E-state index is 0.121. The molecule has 0 N–H and O–H groups in total. The van der Waals surface area contributed by atoms with Crippen LogP contribution in [0.15, 0.2) is 0 Å². The summed E-state index contributed by atoms with van der Waals surface area (Å²) in [7, 11) is 2.15. The summed E-state index contributed by atoms with van der Waals surface area (Å²) in [5.74, 6) is 0. The molecule has 0 heterocycles. The van der Waals surface area contributed by atoms with E-state index in [1.54, 1.807) is 0 Å². The molecule has 0 amide bonds. The molecule has 1 atom stereocenters. The number of hydrogen-bond donors (Lipinski definition) is 0. The van der Waals surface area contributed by atoms with Gasteiger partial charge in [0.1, 0.15) is 5.25 Å². The lowest BCUT2D eigenvalue weighted by Gasteiger charge is -2.20. The van der Waals surface area contributed by atoms with Crippen LogP contribution in [0.4, 0.5) is 13.2 Å². The van der Waals surface area contributed by atoms with Crippen molar-refractivity contribution in [1.29, 1.82) is 0 Å². The fourth-order valence-corrected chi connectivity index (χ4v) is 2.44. The van der Waals surface area contributed by atoms with Crippen molar-refractivity contribution in [2.75, 3.05) is 0 Å². The van der Waals surface area contributed by atoms with E-state index in [0.717, 1.165) is 10.8 Å². The summed E-state index contributed by atoms with van der Waals surface area (Å²) >= 11 is 0. The highest BCUT2D eigenvalue weighted by Gasteiger charge is 2.37. The standard InChI is InChI=1S/C7H13F3S2/c1-5(7(8,9)10)11-12-6(2,3)4/h5H,1-4H3/t5-/m1/s1. The molecule has 0 bridgehead atoms. The fraction of sp³-hybridized carbons (Fsp3) is 1.00. The van der Waals surface area contributed by atoms with Crippen molar-refractivity contribution in [3.8, 4) is 0 Å². The Morgan fingerprint density at radius 1 is 1.08 bits per heavy atom. The van der Waals surface area contributed by atoms with Crippen molar-refractivity contribution in [2.24, 2.45) is 0 Å². The molecule has 0 unspecified atom stereocenters. The van der Waals surface area contributed by atoms with Crippen molar-refractivity contribution < 1.29 is 13.2 Å². The molecule has 5 heteroatoms. The first-order valence-electron chi connectivity index (χ1n) is 3.54. The Hall–Kier alpha value is 0.490. The Balaban J connectivity index is 3.80. The van der Waals surface area contributed by atoms with Gasteiger partial charge in [0.25, 0.3) is 0 Å². The molecule has 0 aliphatic carbocycles. The van der Waals surface area contributed by atoms with Gasteiger partial charge in [0.05, 0.1) is 0 Å². The van der Waals surface area contributed by atoms with Crippen LogP contribution < -0.4 is 0 Å². The first kappa shape index (κ1) is 12.5. The van der Waals surface area contributed by atoms with Crippen LogP contribution in [0.5, 0.6) is 0 Å². The van der Waals surface area contributed by atoms with Gasteiger partial charge in [-0.2, -0.15) is 13.2 Å². The van der Waals surface area contributed by atoms with E-state index < -0.39 is 11.4 Å². The van der Waals surface area contributed by atoms with E-state index in [-0.39, 0.29) is 4.75 Å². The van der Waals surface area contributed by atoms with Gasteiger partial charge in [-0.3, -0.25) is 0 Å². The molecule has 74 valence electrons. The molecule has 0 aromatic rings. The third-order valence-corrected chi connectivity index (χ3v) is 4.71. The second-order valence-electron chi connectivity index (χ2n) is 3.48. The van der Waals surface area contributed by atoms with Gasteiger partial charge in [-0.25, -0.2) is 0 Å². The largest absolute Gasteiger partial charge is 0.401 e. The van der Waals surface area contributed by atoms with Gasteiger partial charge >= 0.3 is 6.18 Å². The summed E-state index contributed by atoms with van der Waals surface area (Å²) in [6.45, 7) is 6.87. The second kappa shape index (κ2) is 4.13. The summed E-state index contributed by atoms with van der Waals surface area (Å²) in [4.78, 5) is 0. The van der Waals surface area contributed by atoms with Gasteiger partial charge in [-0.1, -0.05) is 42.4 Å². The van der Waals surface area contributed by atoms with Crippen molar-refractivity contribution in [1.82, 2.24) is 0 Å². The summed E-state index contributed by atoms with van der Waals surface area (Å²) in [6.07, 6.45) is -4.08. The predicted octanol–water partition coefficient (Wildman–Crippen LogP) is 4.12. The molecule has 0 spiro atoms. The summed E-state index contributed by atoms with van der Waals surface area (Å²) in [6, 6.07) is 0. The third-order valence-electron chi connectivity index (χ3n) is 0.903. The van der Waals surface area contributed by atoms with E-state index in [1.165, 1.54) is 17.7 Å². The number of alkyl halides is 3. The van der Waals surface area contributed by atoms with Gasteiger partial charge in [0.15, 0.2) is 0 Å². The molecule has 0 aliphatic heterocycles. The molecule has 0 aromatic carbocycles. The van der Waals surface area contributed by atoms with E-state index >= 15 is 0 Å². The highest BCUT2D eigenvalue weighted by Crippen LogP contribution is 2.43. The molecule has 0 aliphatic rings. The lowest BCUT2D eigenvalue weighted by Crippen LogP contribution is -2.22. The number of halogens is 3. The monoisotopic (exact) mass is 218 g/mol. The highest BCUT2D eigenvalue weighted by molar-refractivity contribution is 8.77. The topological polar surface area (TPSA) is 0 Å². The van der Waals surface area contributed by atoms with Crippen molar-refractivity contribution >= 4 is 21.6 Å². The Bertz CT molecular complexity index is 137. The first-order chi connectivity index (χ1) is 5.13. The molecule has 0 nitrogen and oxygen atoms in total. The zero-order chi connectivity index (χ0) is 9.99. The summed E-state index contributed by atoms with van der Waals surface area (Å²) in [5.41, 5.74) is 0. The maximum Gasteiger partial charge on any atom is 0.401 e. The molecule has 0 saturated carbocycles. The Morgan fingerprint density at radius 2 is 1.50 bits per heavy atom. The molecule has 0 saturated heterocycles. The average Bonchev–Trinajstić information content (AvgIpc) is 1.78. The van der Waals surface area contributed by atoms with E-state index in [2.05, 4.69) is 0 Å². The van der Waals surface area contributed by atoms with Crippen LogP contribution in [-0.4, -0.2) is 16.2 Å². The Kier molecular flexibility index (Phi) is 4.30. The van der Waals surface area contributed by atoms with Crippen molar-refractivity contribution in [3.63, 3.8) is 0 Å². The average molecular weight is 218 g/mol. The zero-order valence-electron chi connectivity index (χ0n) is 7.53. The van der Waals surface area contributed by atoms with Crippen LogP contribution in [-0.2, 0) is 0 Å². The number of hydrogen-bond acceptors (Lipinski definition) is 2. The SMILES string of the molecule is C[C@@H](SSC(C)(C)C)C(F)(F)F. The summed E-state index contributed by atoms with van der Waals surface area (Å²) < 4.78 is 35.8. The normalized spacial score (nSPS) is 16.2. The van der Waals surface area contributed by atoms with E-state index in [1.807, 2.05) is 20.8 Å². The van der Waals surface area contributed by atoms with Crippen molar-refractivity contribution in [3.05, 3.63) is 0 Å².